The van der Waals surface area contributed by atoms with Crippen LogP contribution in [0, 0.1) is 0 Å². The molecular formula is C12H25NO3Si. The zero-order valence-electron chi connectivity index (χ0n) is 11.3. The molecule has 0 aliphatic rings. The summed E-state index contributed by atoms with van der Waals surface area (Å²) < 4.78 is 11.8. The number of aliphatic imine (C=N–C) groups is 1. The maximum Gasteiger partial charge on any atom is 0.337 e. The first-order valence-electron chi connectivity index (χ1n) is 6.56. The summed E-state index contributed by atoms with van der Waals surface area (Å²) in [6, 6.07) is 2.04. The van der Waals surface area contributed by atoms with E-state index in [1.807, 2.05) is 13.8 Å². The standard InChI is InChI=1S/C12H25NO3Si/c1-4-15-17(6-3,16-5-2)11-9-7-8-10-13-12-14/h4-11H2,1-3H3. The van der Waals surface area contributed by atoms with Crippen LogP contribution in [0.15, 0.2) is 4.99 Å². The van der Waals surface area contributed by atoms with E-state index in [2.05, 4.69) is 11.9 Å². The Bertz CT molecular complexity index is 224. The molecule has 0 aromatic rings. The second-order valence-corrected chi connectivity index (χ2v) is 7.52. The fraction of sp³-hybridized carbons (Fsp3) is 0.917. The maximum atomic E-state index is 9.89. The van der Waals surface area contributed by atoms with Gasteiger partial charge in [-0.1, -0.05) is 19.8 Å². The lowest BCUT2D eigenvalue weighted by molar-refractivity contribution is 0.182. The van der Waals surface area contributed by atoms with Gasteiger partial charge in [-0.3, -0.25) is 0 Å². The van der Waals surface area contributed by atoms with Gasteiger partial charge >= 0.3 is 8.56 Å². The summed E-state index contributed by atoms with van der Waals surface area (Å²) in [6.07, 6.45) is 4.67. The first-order chi connectivity index (χ1) is 8.24. The largest absolute Gasteiger partial charge is 0.394 e. The van der Waals surface area contributed by atoms with E-state index in [1.54, 1.807) is 6.08 Å². The van der Waals surface area contributed by atoms with Crippen LogP contribution in [0.5, 0.6) is 0 Å². The molecular weight excluding hydrogens is 234 g/mol. The Balaban J connectivity index is 3.93. The van der Waals surface area contributed by atoms with Crippen molar-refractivity contribution in [1.29, 1.82) is 0 Å². The smallest absolute Gasteiger partial charge is 0.337 e. The zero-order valence-corrected chi connectivity index (χ0v) is 12.3. The van der Waals surface area contributed by atoms with Crippen molar-refractivity contribution in [3.63, 3.8) is 0 Å². The third-order valence-corrected chi connectivity index (χ3v) is 6.57. The van der Waals surface area contributed by atoms with Gasteiger partial charge in [0.25, 0.3) is 0 Å². The van der Waals surface area contributed by atoms with Crippen LogP contribution >= 0.6 is 0 Å². The van der Waals surface area contributed by atoms with E-state index in [-0.39, 0.29) is 0 Å². The molecule has 4 nitrogen and oxygen atoms in total. The van der Waals surface area contributed by atoms with Crippen LogP contribution in [0.25, 0.3) is 0 Å². The van der Waals surface area contributed by atoms with Crippen molar-refractivity contribution in [2.75, 3.05) is 19.8 Å². The lowest BCUT2D eigenvalue weighted by Gasteiger charge is -2.28. The Morgan fingerprint density at radius 3 is 2.18 bits per heavy atom. The van der Waals surface area contributed by atoms with Crippen molar-refractivity contribution in [3.05, 3.63) is 0 Å². The molecule has 0 saturated carbocycles. The molecule has 0 spiro atoms. The van der Waals surface area contributed by atoms with E-state index in [0.29, 0.717) is 6.54 Å². The van der Waals surface area contributed by atoms with Gasteiger partial charge in [0.2, 0.25) is 6.08 Å². The van der Waals surface area contributed by atoms with Gasteiger partial charge in [0.05, 0.1) is 6.54 Å². The number of isocyanates is 1. The van der Waals surface area contributed by atoms with Crippen molar-refractivity contribution in [2.45, 2.75) is 52.1 Å². The minimum Gasteiger partial charge on any atom is -0.394 e. The van der Waals surface area contributed by atoms with Gasteiger partial charge in [-0.25, -0.2) is 9.79 Å². The van der Waals surface area contributed by atoms with Crippen LogP contribution in [-0.2, 0) is 13.6 Å². The van der Waals surface area contributed by atoms with Gasteiger partial charge in [-0.2, -0.15) is 0 Å². The minimum atomic E-state index is -1.95. The molecule has 0 aliphatic heterocycles. The highest BCUT2D eigenvalue weighted by atomic mass is 28.4. The highest BCUT2D eigenvalue weighted by Crippen LogP contribution is 2.22. The van der Waals surface area contributed by atoms with E-state index in [1.165, 1.54) is 0 Å². The average molecular weight is 259 g/mol. The third kappa shape index (κ3) is 7.44. The van der Waals surface area contributed by atoms with Crippen LogP contribution in [0.3, 0.4) is 0 Å². The summed E-state index contributed by atoms with van der Waals surface area (Å²) in [5.41, 5.74) is 0. The molecule has 0 saturated heterocycles. The van der Waals surface area contributed by atoms with Crippen LogP contribution < -0.4 is 0 Å². The summed E-state index contributed by atoms with van der Waals surface area (Å²) in [5, 5.41) is 0. The number of hydrogen-bond donors (Lipinski definition) is 0. The van der Waals surface area contributed by atoms with Crippen molar-refractivity contribution < 1.29 is 13.6 Å². The van der Waals surface area contributed by atoms with Crippen LogP contribution in [-0.4, -0.2) is 34.4 Å². The minimum absolute atomic E-state index is 0.591. The Morgan fingerprint density at radius 1 is 1.06 bits per heavy atom. The Kier molecular flexibility index (Phi) is 10.4. The molecule has 100 valence electrons. The summed E-state index contributed by atoms with van der Waals surface area (Å²) >= 11 is 0. The second kappa shape index (κ2) is 10.7. The molecule has 0 radical (unpaired) electrons. The van der Waals surface area contributed by atoms with Gasteiger partial charge in [0, 0.05) is 13.2 Å². The Labute approximate surface area is 106 Å². The van der Waals surface area contributed by atoms with Crippen molar-refractivity contribution >= 4 is 14.6 Å². The molecule has 0 aliphatic carbocycles. The normalized spacial score (nSPS) is 11.2. The molecule has 17 heavy (non-hydrogen) atoms. The molecule has 0 aromatic heterocycles. The summed E-state index contributed by atoms with van der Waals surface area (Å²) in [7, 11) is -1.95. The first-order valence-corrected chi connectivity index (χ1v) is 8.79. The highest BCUT2D eigenvalue weighted by Gasteiger charge is 2.33. The lowest BCUT2D eigenvalue weighted by Crippen LogP contribution is -2.41. The monoisotopic (exact) mass is 259 g/mol. The fourth-order valence-corrected chi connectivity index (χ4v) is 4.88. The summed E-state index contributed by atoms with van der Waals surface area (Å²) in [4.78, 5) is 13.4. The fourth-order valence-electron chi connectivity index (χ4n) is 1.90. The Hall–Kier alpha value is -0.483. The number of hydrogen-bond acceptors (Lipinski definition) is 4. The van der Waals surface area contributed by atoms with Crippen LogP contribution in [0.4, 0.5) is 0 Å². The van der Waals surface area contributed by atoms with Gasteiger partial charge in [-0.15, -0.1) is 0 Å². The van der Waals surface area contributed by atoms with E-state index in [9.17, 15) is 4.79 Å². The molecule has 0 bridgehead atoms. The number of rotatable bonds is 11. The second-order valence-electron chi connectivity index (χ2n) is 3.91. The quantitative estimate of drug-likeness (QED) is 0.248. The van der Waals surface area contributed by atoms with Crippen LogP contribution in [0.2, 0.25) is 12.1 Å². The molecule has 0 amide bonds. The average Bonchev–Trinajstić information content (AvgIpc) is 2.34. The molecule has 0 fully saturated rings. The predicted octanol–water partition coefficient (Wildman–Crippen LogP) is 3.03. The van der Waals surface area contributed by atoms with Crippen molar-refractivity contribution in [3.8, 4) is 0 Å². The number of nitrogens with zero attached hydrogens (tertiary/aromatic N) is 1. The number of carbonyl (C=O) groups excluding carboxylic acids is 1. The highest BCUT2D eigenvalue weighted by molar-refractivity contribution is 6.67. The lowest BCUT2D eigenvalue weighted by atomic mass is 10.2. The van der Waals surface area contributed by atoms with Gasteiger partial charge in [-0.05, 0) is 32.4 Å². The molecule has 0 atom stereocenters. The van der Waals surface area contributed by atoms with Gasteiger partial charge in [0.1, 0.15) is 0 Å². The van der Waals surface area contributed by atoms with Crippen molar-refractivity contribution in [1.82, 2.24) is 0 Å². The molecule has 0 heterocycles. The molecule has 0 N–H and O–H groups in total. The summed E-state index contributed by atoms with van der Waals surface area (Å²) in [5.74, 6) is 0. The summed E-state index contributed by atoms with van der Waals surface area (Å²) in [6.45, 7) is 8.25. The maximum absolute atomic E-state index is 9.89. The Morgan fingerprint density at radius 2 is 1.71 bits per heavy atom. The SMILES string of the molecule is CCO[Si](CC)(CCCCCN=C=O)OCC. The molecule has 0 rings (SSSR count). The third-order valence-electron chi connectivity index (χ3n) is 2.75. The molecule has 0 unspecified atom stereocenters. The number of unbranched alkanes of at least 4 members (excludes halogenated alkanes) is 2. The van der Waals surface area contributed by atoms with Gasteiger partial charge in [0.15, 0.2) is 0 Å². The van der Waals surface area contributed by atoms with E-state index < -0.39 is 8.56 Å². The van der Waals surface area contributed by atoms with Gasteiger partial charge < -0.3 is 8.85 Å². The van der Waals surface area contributed by atoms with E-state index in [4.69, 9.17) is 8.85 Å². The van der Waals surface area contributed by atoms with E-state index in [0.717, 1.165) is 44.6 Å². The first kappa shape index (κ1) is 16.5. The van der Waals surface area contributed by atoms with Crippen molar-refractivity contribution in [2.24, 2.45) is 4.99 Å². The van der Waals surface area contributed by atoms with Crippen LogP contribution in [0.1, 0.15) is 40.0 Å². The molecule has 0 aromatic carbocycles. The zero-order chi connectivity index (χ0) is 13.0. The predicted molar refractivity (Wildman–Crippen MR) is 71.1 cm³/mol. The van der Waals surface area contributed by atoms with E-state index >= 15 is 0 Å². The molecule has 5 heteroatoms. The topological polar surface area (TPSA) is 47.9 Å².